The zero-order chi connectivity index (χ0) is 14.2. The number of nitrogens with two attached hydrogens (primary N) is 1. The maximum Gasteiger partial charge on any atom is 0.253 e. The minimum absolute atomic E-state index is 0.0722. The van der Waals surface area contributed by atoms with E-state index in [0.29, 0.717) is 16.3 Å². The van der Waals surface area contributed by atoms with E-state index < -0.39 is 0 Å². The zero-order valence-electron chi connectivity index (χ0n) is 11.4. The van der Waals surface area contributed by atoms with Crippen LogP contribution in [0.4, 0.5) is 5.69 Å². The molecule has 0 aromatic heterocycles. The molecular weight excluding hydrogens is 264 g/mol. The van der Waals surface area contributed by atoms with Gasteiger partial charge in [-0.1, -0.05) is 25.4 Å². The van der Waals surface area contributed by atoms with Gasteiger partial charge in [0.2, 0.25) is 0 Å². The number of carbonyl (C=O) groups excluding carboxylic acids is 1. The summed E-state index contributed by atoms with van der Waals surface area (Å²) in [4.78, 5) is 12.2. The van der Waals surface area contributed by atoms with Crippen LogP contribution in [0.15, 0.2) is 18.2 Å². The van der Waals surface area contributed by atoms with Gasteiger partial charge in [0.1, 0.15) is 0 Å². The number of ether oxygens (including phenoxy) is 1. The van der Waals surface area contributed by atoms with Gasteiger partial charge in [0.05, 0.1) is 16.7 Å². The highest BCUT2D eigenvalue weighted by Gasteiger charge is 2.49. The molecule has 2 unspecified atom stereocenters. The predicted octanol–water partition coefficient (Wildman–Crippen LogP) is 2.47. The summed E-state index contributed by atoms with van der Waals surface area (Å²) in [5, 5.41) is 3.41. The Bertz CT molecular complexity index is 502. The first-order valence-electron chi connectivity index (χ1n) is 6.25. The molecule has 2 rings (SSSR count). The van der Waals surface area contributed by atoms with Crippen LogP contribution in [0.1, 0.15) is 30.6 Å². The minimum Gasteiger partial charge on any atom is -0.399 e. The van der Waals surface area contributed by atoms with Gasteiger partial charge in [-0.15, -0.1) is 0 Å². The third kappa shape index (κ3) is 2.55. The first kappa shape index (κ1) is 14.2. The van der Waals surface area contributed by atoms with Crippen molar-refractivity contribution < 1.29 is 9.53 Å². The van der Waals surface area contributed by atoms with Gasteiger partial charge in [0.15, 0.2) is 0 Å². The molecule has 1 amide bonds. The van der Waals surface area contributed by atoms with Crippen molar-refractivity contribution >= 4 is 23.2 Å². The largest absolute Gasteiger partial charge is 0.399 e. The van der Waals surface area contributed by atoms with E-state index in [2.05, 4.69) is 19.2 Å². The number of rotatable bonds is 3. The van der Waals surface area contributed by atoms with Gasteiger partial charge in [0, 0.05) is 24.3 Å². The molecule has 19 heavy (non-hydrogen) atoms. The zero-order valence-corrected chi connectivity index (χ0v) is 12.1. The molecule has 2 atom stereocenters. The number of carbonyl (C=O) groups is 1. The van der Waals surface area contributed by atoms with Crippen molar-refractivity contribution in [2.75, 3.05) is 12.8 Å². The highest BCUT2D eigenvalue weighted by molar-refractivity contribution is 6.34. The molecule has 4 nitrogen and oxygen atoms in total. The maximum absolute atomic E-state index is 12.2. The Morgan fingerprint density at radius 1 is 1.53 bits per heavy atom. The lowest BCUT2D eigenvalue weighted by Crippen LogP contribution is -2.61. The topological polar surface area (TPSA) is 64.3 Å². The number of amides is 1. The van der Waals surface area contributed by atoms with Crippen LogP contribution in [-0.4, -0.2) is 25.2 Å². The maximum atomic E-state index is 12.2. The molecule has 0 radical (unpaired) electrons. The fourth-order valence-electron chi connectivity index (χ4n) is 2.48. The number of hydrogen-bond donors (Lipinski definition) is 2. The molecule has 1 saturated carbocycles. The summed E-state index contributed by atoms with van der Waals surface area (Å²) in [7, 11) is 1.69. The SMILES string of the molecule is COC1CC(NC(=O)c2cc(N)ccc2Cl)C1(C)C. The van der Waals surface area contributed by atoms with Gasteiger partial charge in [-0.2, -0.15) is 0 Å². The van der Waals surface area contributed by atoms with E-state index in [1.807, 2.05) is 0 Å². The average Bonchev–Trinajstić information content (AvgIpc) is 2.36. The summed E-state index contributed by atoms with van der Waals surface area (Å²) in [5.74, 6) is -0.190. The van der Waals surface area contributed by atoms with Gasteiger partial charge < -0.3 is 15.8 Å². The fourth-order valence-corrected chi connectivity index (χ4v) is 2.69. The van der Waals surface area contributed by atoms with E-state index in [1.165, 1.54) is 0 Å². The molecule has 0 bridgehead atoms. The lowest BCUT2D eigenvalue weighted by molar-refractivity contribution is -0.0942. The third-order valence-electron chi connectivity index (χ3n) is 4.00. The van der Waals surface area contributed by atoms with Gasteiger partial charge in [-0.05, 0) is 24.6 Å². The lowest BCUT2D eigenvalue weighted by atomic mass is 9.64. The summed E-state index contributed by atoms with van der Waals surface area (Å²) in [6.07, 6.45) is 0.990. The highest BCUT2D eigenvalue weighted by atomic mass is 35.5. The van der Waals surface area contributed by atoms with Crippen molar-refractivity contribution in [2.24, 2.45) is 5.41 Å². The van der Waals surface area contributed by atoms with E-state index in [4.69, 9.17) is 22.1 Å². The third-order valence-corrected chi connectivity index (χ3v) is 4.33. The average molecular weight is 283 g/mol. The second kappa shape index (κ2) is 5.02. The summed E-state index contributed by atoms with van der Waals surface area (Å²) in [6.45, 7) is 4.16. The van der Waals surface area contributed by atoms with E-state index in [0.717, 1.165) is 6.42 Å². The lowest BCUT2D eigenvalue weighted by Gasteiger charge is -2.51. The first-order valence-corrected chi connectivity index (χ1v) is 6.62. The molecule has 0 aliphatic heterocycles. The molecule has 3 N–H and O–H groups in total. The van der Waals surface area contributed by atoms with Crippen molar-refractivity contribution in [2.45, 2.75) is 32.4 Å². The first-order chi connectivity index (χ1) is 8.86. The normalized spacial score (nSPS) is 24.6. The van der Waals surface area contributed by atoms with Crippen molar-refractivity contribution in [1.82, 2.24) is 5.32 Å². The number of anilines is 1. The Kier molecular flexibility index (Phi) is 3.74. The molecule has 1 aromatic rings. The molecule has 104 valence electrons. The number of hydrogen-bond acceptors (Lipinski definition) is 3. The Morgan fingerprint density at radius 3 is 2.79 bits per heavy atom. The summed E-state index contributed by atoms with van der Waals surface area (Å²) >= 11 is 6.02. The number of benzene rings is 1. The van der Waals surface area contributed by atoms with E-state index in [9.17, 15) is 4.79 Å². The monoisotopic (exact) mass is 282 g/mol. The molecule has 1 aliphatic rings. The van der Waals surface area contributed by atoms with Crippen molar-refractivity contribution in [3.63, 3.8) is 0 Å². The molecule has 0 heterocycles. The van der Waals surface area contributed by atoms with Crippen LogP contribution in [0, 0.1) is 5.41 Å². The molecule has 0 spiro atoms. The molecule has 1 aromatic carbocycles. The van der Waals surface area contributed by atoms with E-state index in [1.54, 1.807) is 25.3 Å². The Balaban J connectivity index is 2.09. The Hall–Kier alpha value is -1.26. The Labute approximate surface area is 118 Å². The van der Waals surface area contributed by atoms with Crippen LogP contribution in [0.3, 0.4) is 0 Å². The number of nitrogen functional groups attached to an aromatic ring is 1. The van der Waals surface area contributed by atoms with Crippen LogP contribution in [0.25, 0.3) is 0 Å². The number of methoxy groups -OCH3 is 1. The number of halogens is 1. The van der Waals surface area contributed by atoms with Crippen molar-refractivity contribution in [3.05, 3.63) is 28.8 Å². The quantitative estimate of drug-likeness (QED) is 0.837. The van der Waals surface area contributed by atoms with Gasteiger partial charge in [-0.3, -0.25) is 4.79 Å². The summed E-state index contributed by atoms with van der Waals surface area (Å²) in [5.41, 5.74) is 6.55. The standard InChI is InChI=1S/C14H19ClN2O2/c1-14(2)11(7-12(14)19-3)17-13(18)9-6-8(16)4-5-10(9)15/h4-6,11-12H,7,16H2,1-3H3,(H,17,18). The van der Waals surface area contributed by atoms with E-state index >= 15 is 0 Å². The Morgan fingerprint density at radius 2 is 2.21 bits per heavy atom. The molecule has 1 aliphatic carbocycles. The van der Waals surface area contributed by atoms with Crippen LogP contribution in [0.2, 0.25) is 5.02 Å². The second-order valence-electron chi connectivity index (χ2n) is 5.55. The van der Waals surface area contributed by atoms with Gasteiger partial charge >= 0.3 is 0 Å². The highest BCUT2D eigenvalue weighted by Crippen LogP contribution is 2.42. The summed E-state index contributed by atoms with van der Waals surface area (Å²) in [6, 6.07) is 4.99. The van der Waals surface area contributed by atoms with Gasteiger partial charge in [0.25, 0.3) is 5.91 Å². The minimum atomic E-state index is -0.190. The van der Waals surface area contributed by atoms with Crippen LogP contribution < -0.4 is 11.1 Å². The predicted molar refractivity (Wildman–Crippen MR) is 76.3 cm³/mol. The van der Waals surface area contributed by atoms with Gasteiger partial charge in [-0.25, -0.2) is 0 Å². The molecule has 5 heteroatoms. The fraction of sp³-hybridized carbons (Fsp3) is 0.500. The van der Waals surface area contributed by atoms with Crippen LogP contribution >= 0.6 is 11.6 Å². The molecular formula is C14H19ClN2O2. The van der Waals surface area contributed by atoms with Crippen LogP contribution in [-0.2, 0) is 4.74 Å². The molecule has 1 fully saturated rings. The number of nitrogens with one attached hydrogen (secondary N) is 1. The summed E-state index contributed by atoms with van der Waals surface area (Å²) < 4.78 is 5.36. The molecule has 0 saturated heterocycles. The van der Waals surface area contributed by atoms with Crippen molar-refractivity contribution in [1.29, 1.82) is 0 Å². The van der Waals surface area contributed by atoms with Crippen LogP contribution in [0.5, 0.6) is 0 Å². The van der Waals surface area contributed by atoms with Crippen molar-refractivity contribution in [3.8, 4) is 0 Å². The smallest absolute Gasteiger partial charge is 0.253 e. The second-order valence-corrected chi connectivity index (χ2v) is 5.95. The van der Waals surface area contributed by atoms with E-state index in [-0.39, 0.29) is 23.5 Å².